The van der Waals surface area contributed by atoms with Crippen LogP contribution in [0.15, 0.2) is 207 Å². The molecule has 0 unspecified atom stereocenters. The van der Waals surface area contributed by atoms with Crippen LogP contribution in [0.4, 0.5) is 57.1 Å². The molecule has 19 rings (SSSR count). The van der Waals surface area contributed by atoms with E-state index in [0.29, 0.717) is 77.1 Å². The van der Waals surface area contributed by atoms with Crippen molar-refractivity contribution in [1.29, 1.82) is 5.26 Å². The Kier molecular flexibility index (Phi) is 17.4. The zero-order valence-corrected chi connectivity index (χ0v) is 58.6. The van der Waals surface area contributed by atoms with Crippen LogP contribution < -0.4 is 0 Å². The molecule has 0 amide bonds. The Bertz CT molecular complexity index is 7790. The van der Waals surface area contributed by atoms with Crippen molar-refractivity contribution >= 4 is 215 Å². The number of aryl methyl sites for hydroxylation is 1. The standard InChI is InChI=1S/C26H14N6.C23H9N5.C22H10N4.C20H8N6/c1-6-9-16-10-7-8-11-17(16)19-15(2)22-25(32-13-12-31-22)20-18(14-27)23(28-3)26(30-5)24(29-4)21(19)20;1-24-17-12-16-19(23(26-3)22(17)25-2)18-14-7-5-4-6-13(14)8-9-15(18)20-21(16)28-11-10-27-20;1-23-18-11-16-17(12-19(18)24-2)22-21(25-9-10-26-22)15-8-7-13-5-3-4-6-14(13)20(15)16;1-21-19-20(22-2)26-18-16(25-19)14-12-6-4-3-5-11(12)7-8-13(14)15-17(18)24-10-9-23-15/h6-13H,1-2H3;4-12H;3-12H;3-10H/b9-6-;;;. The van der Waals surface area contributed by atoms with Gasteiger partial charge in [0.1, 0.15) is 11.0 Å². The topological polar surface area (TPSA) is 196 Å². The van der Waals surface area contributed by atoms with Gasteiger partial charge in [-0.1, -0.05) is 177 Å². The third kappa shape index (κ3) is 10.8. The van der Waals surface area contributed by atoms with E-state index < -0.39 is 0 Å². The van der Waals surface area contributed by atoms with E-state index in [2.05, 4.69) is 129 Å². The molecule has 0 aliphatic carbocycles. The van der Waals surface area contributed by atoms with Crippen LogP contribution in [0, 0.1) is 84.0 Å². The van der Waals surface area contributed by atoms with Gasteiger partial charge in [0, 0.05) is 76.5 Å². The van der Waals surface area contributed by atoms with Gasteiger partial charge >= 0.3 is 0 Å². The first-order valence-corrected chi connectivity index (χ1v) is 34.0. The molecule has 14 aromatic carbocycles. The minimum Gasteiger partial charge on any atom is -0.370 e. The lowest BCUT2D eigenvalue weighted by molar-refractivity contribution is 1.28. The number of benzene rings is 14. The average Bonchev–Trinajstić information content (AvgIpc) is 0.723. The Balaban J connectivity index is 0.000000113. The summed E-state index contributed by atoms with van der Waals surface area (Å²) in [4.78, 5) is 80.1. The van der Waals surface area contributed by atoms with Crippen LogP contribution in [0.5, 0.6) is 0 Å². The quantitative estimate of drug-likeness (QED) is 0.118. The van der Waals surface area contributed by atoms with Crippen molar-refractivity contribution in [3.63, 3.8) is 0 Å². The average molecular weight is 1430 g/mol. The van der Waals surface area contributed by atoms with Crippen LogP contribution in [-0.2, 0) is 0 Å². The van der Waals surface area contributed by atoms with Gasteiger partial charge in [0.15, 0.2) is 28.4 Å². The summed E-state index contributed by atoms with van der Waals surface area (Å²) < 4.78 is 0. The minimum atomic E-state index is -0.121. The lowest BCUT2D eigenvalue weighted by Crippen LogP contribution is -1.97. The molecule has 0 atom stereocenters. The third-order valence-corrected chi connectivity index (χ3v) is 19.5. The van der Waals surface area contributed by atoms with Gasteiger partial charge in [0.2, 0.25) is 28.1 Å². The molecule has 5 heterocycles. The molecule has 21 heteroatoms. The summed E-state index contributed by atoms with van der Waals surface area (Å²) in [6.45, 7) is 79.3. The Morgan fingerprint density at radius 3 is 1.26 bits per heavy atom. The third-order valence-electron chi connectivity index (χ3n) is 19.5. The van der Waals surface area contributed by atoms with Crippen molar-refractivity contribution in [2.45, 2.75) is 13.8 Å². The molecule has 0 saturated carbocycles. The molecule has 21 nitrogen and oxygen atoms in total. The predicted octanol–water partition coefficient (Wildman–Crippen LogP) is 25.2. The molecular formula is C91H41N21. The first kappa shape index (κ1) is 68.7. The molecule has 0 bridgehead atoms. The highest BCUT2D eigenvalue weighted by Gasteiger charge is 2.29. The second-order valence-electron chi connectivity index (χ2n) is 25.1. The van der Waals surface area contributed by atoms with Crippen molar-refractivity contribution in [2.75, 3.05) is 0 Å². The molecule has 0 spiro atoms. The maximum Gasteiger partial charge on any atom is 0.294 e. The van der Waals surface area contributed by atoms with Crippen LogP contribution in [0.25, 0.3) is 218 Å². The van der Waals surface area contributed by atoms with Gasteiger partial charge in [-0.3, -0.25) is 73.6 Å². The fourth-order valence-corrected chi connectivity index (χ4v) is 15.0. The maximum absolute atomic E-state index is 10.0. The highest BCUT2D eigenvalue weighted by Crippen LogP contribution is 2.54. The second kappa shape index (κ2) is 28.4. The van der Waals surface area contributed by atoms with Crippen molar-refractivity contribution in [3.05, 3.63) is 338 Å². The maximum atomic E-state index is 10.0. The number of hydrogen-bond acceptors (Lipinski definition) is 11. The van der Waals surface area contributed by atoms with Crippen LogP contribution >= 0.6 is 0 Å². The van der Waals surface area contributed by atoms with E-state index in [9.17, 15) is 5.26 Å². The number of rotatable bonds is 2. The number of hydrogen-bond donors (Lipinski definition) is 0. The van der Waals surface area contributed by atoms with Gasteiger partial charge in [-0.15, -0.1) is 9.97 Å². The molecule has 0 fully saturated rings. The fraction of sp³-hybridized carbons (Fsp3) is 0.0220. The van der Waals surface area contributed by atoms with E-state index in [1.807, 2.05) is 141 Å². The molecule has 0 aliphatic heterocycles. The van der Waals surface area contributed by atoms with Crippen molar-refractivity contribution in [3.8, 4) is 17.2 Å². The summed E-state index contributed by atoms with van der Waals surface area (Å²) in [7, 11) is 0. The highest BCUT2D eigenvalue weighted by atomic mass is 15.0. The smallest absolute Gasteiger partial charge is 0.294 e. The van der Waals surface area contributed by atoms with E-state index in [-0.39, 0.29) is 51.3 Å². The normalized spacial score (nSPS) is 10.8. The summed E-state index contributed by atoms with van der Waals surface area (Å²) in [5.41, 5.74) is 10.6. The van der Waals surface area contributed by atoms with Gasteiger partial charge in [-0.05, 0) is 106 Å². The summed E-state index contributed by atoms with van der Waals surface area (Å²) in [5.74, 6) is -0.0102. The van der Waals surface area contributed by atoms with E-state index in [0.717, 1.165) is 109 Å². The number of nitrogens with zero attached hydrogens (tertiary/aromatic N) is 21. The Morgan fingerprint density at radius 1 is 0.312 bits per heavy atom. The van der Waals surface area contributed by atoms with Crippen molar-refractivity contribution in [1.82, 2.24) is 49.8 Å². The number of fused-ring (bicyclic) bond motifs is 27. The van der Waals surface area contributed by atoms with Crippen LogP contribution in [0.3, 0.4) is 0 Å². The first-order chi connectivity index (χ1) is 55.0. The number of allylic oxidation sites excluding steroid dienone is 1. The van der Waals surface area contributed by atoms with Gasteiger partial charge in [0.25, 0.3) is 11.6 Å². The summed E-state index contributed by atoms with van der Waals surface area (Å²) >= 11 is 0. The first-order valence-electron chi connectivity index (χ1n) is 34.0. The molecule has 0 saturated heterocycles. The number of nitriles is 1. The molecule has 112 heavy (non-hydrogen) atoms. The highest BCUT2D eigenvalue weighted by molar-refractivity contribution is 6.36. The zero-order valence-electron chi connectivity index (χ0n) is 58.6. The molecule has 0 aliphatic rings. The van der Waals surface area contributed by atoms with Gasteiger partial charge < -0.3 is 9.69 Å². The summed E-state index contributed by atoms with van der Waals surface area (Å²) in [6, 6.07) is 51.4. The Hall–Kier alpha value is -17.8. The van der Waals surface area contributed by atoms with Crippen LogP contribution in [0.1, 0.15) is 23.6 Å². The fourth-order valence-electron chi connectivity index (χ4n) is 15.0. The Morgan fingerprint density at radius 2 is 0.732 bits per heavy atom. The SMILES string of the molecule is [C-]#[N+]c1c([N+]#[C-])c(C#N)c2c(c1[N+]#[C-])c(-c1ccccc1/C=C\C)c(C)c1nccnc12.[C-]#[N+]c1cc2c(cc1[N+]#[C-])c1c3ccccc3ccc1c1nccnc21.[C-]#[N+]c1cc2c3nccnc3c3ccc4ccccc4c3c2c([N+]#[C-])c1[N+]#[C-].[C-]#[N+]c1nc2c3nccnc3c3ccc4ccccc4c3c2nc1[N+]#[C-]. The van der Waals surface area contributed by atoms with Gasteiger partial charge in [-0.25, -0.2) is 4.98 Å². The molecule has 0 N–H and O–H groups in total. The molecule has 5 aromatic heterocycles. The lowest BCUT2D eigenvalue weighted by atomic mass is 9.86. The van der Waals surface area contributed by atoms with E-state index in [4.69, 9.17) is 65.7 Å². The molecular weight excluding hydrogens is 1390 g/mol. The predicted molar refractivity (Wildman–Crippen MR) is 441 cm³/mol. The zero-order chi connectivity index (χ0) is 77.4. The molecule has 0 radical (unpaired) electrons. The van der Waals surface area contributed by atoms with Crippen molar-refractivity contribution in [2.24, 2.45) is 0 Å². The second-order valence-corrected chi connectivity index (χ2v) is 25.1. The largest absolute Gasteiger partial charge is 0.370 e. The van der Waals surface area contributed by atoms with E-state index >= 15 is 0 Å². The Labute approximate surface area is 636 Å². The summed E-state index contributed by atoms with van der Waals surface area (Å²) in [6.07, 6.45) is 16.8. The van der Waals surface area contributed by atoms with Crippen LogP contribution in [0.2, 0.25) is 0 Å². The van der Waals surface area contributed by atoms with E-state index in [1.54, 1.807) is 55.5 Å². The minimum absolute atomic E-state index is 0.00461. The summed E-state index contributed by atoms with van der Waals surface area (Å²) in [5, 5.41) is 25.9. The van der Waals surface area contributed by atoms with Crippen LogP contribution in [-0.4, -0.2) is 49.8 Å². The monoisotopic (exact) mass is 1430 g/mol. The number of aromatic nitrogens is 10. The van der Waals surface area contributed by atoms with Gasteiger partial charge in [-0.2, -0.15) is 5.26 Å². The van der Waals surface area contributed by atoms with Gasteiger partial charge in [0.05, 0.1) is 97.3 Å². The van der Waals surface area contributed by atoms with Crippen molar-refractivity contribution < 1.29 is 0 Å². The lowest BCUT2D eigenvalue weighted by Gasteiger charge is -2.19. The molecule has 19 aromatic rings. The molecule has 510 valence electrons. The van der Waals surface area contributed by atoms with E-state index in [1.165, 1.54) is 6.20 Å².